The Balaban J connectivity index is 3.60. The van der Waals surface area contributed by atoms with Crippen molar-refractivity contribution in [1.82, 2.24) is 0 Å². The monoisotopic (exact) mass is 261 g/mol. The largest absolute Gasteiger partial charge is 0.419 e. The van der Waals surface area contributed by atoms with Crippen LogP contribution in [0.3, 0.4) is 0 Å². The molecule has 0 aliphatic carbocycles. The Kier molecular flexibility index (Phi) is 3.90. The molecule has 0 heterocycles. The van der Waals surface area contributed by atoms with Crippen molar-refractivity contribution in [3.63, 3.8) is 0 Å². The Morgan fingerprint density at radius 2 is 1.78 bits per heavy atom. The third-order valence-electron chi connectivity index (χ3n) is 1.71. The standard InChI is InChI=1S/C9H3F4N3O2/c1-2-3(17)18-9-7(13)5(11)4(10)6(12)8(9)15-16-14/h2H,1H2. The lowest BCUT2D eigenvalue weighted by atomic mass is 10.2. The van der Waals surface area contributed by atoms with Crippen molar-refractivity contribution in [1.29, 1.82) is 0 Å². The van der Waals surface area contributed by atoms with Crippen molar-refractivity contribution in [2.45, 2.75) is 0 Å². The molecule has 0 spiro atoms. The Morgan fingerprint density at radius 3 is 2.28 bits per heavy atom. The van der Waals surface area contributed by atoms with Crippen LogP contribution >= 0.6 is 0 Å². The number of halogens is 4. The van der Waals surface area contributed by atoms with Crippen LogP contribution in [0, 0.1) is 23.3 Å². The van der Waals surface area contributed by atoms with Gasteiger partial charge in [-0.1, -0.05) is 11.7 Å². The van der Waals surface area contributed by atoms with E-state index >= 15 is 0 Å². The molecule has 0 atom stereocenters. The highest BCUT2D eigenvalue weighted by Crippen LogP contribution is 2.37. The molecule has 18 heavy (non-hydrogen) atoms. The number of ether oxygens (including phenoxy) is 1. The minimum atomic E-state index is -2.20. The number of hydrogen-bond acceptors (Lipinski definition) is 3. The number of azide groups is 1. The molecule has 94 valence electrons. The molecule has 0 saturated carbocycles. The molecule has 0 saturated heterocycles. The van der Waals surface area contributed by atoms with E-state index in [4.69, 9.17) is 5.53 Å². The summed E-state index contributed by atoms with van der Waals surface area (Å²) in [5, 5.41) is 2.60. The van der Waals surface area contributed by atoms with Crippen molar-refractivity contribution in [3.05, 3.63) is 46.4 Å². The third-order valence-corrected chi connectivity index (χ3v) is 1.71. The number of carbonyl (C=O) groups is 1. The molecule has 1 aromatic carbocycles. The van der Waals surface area contributed by atoms with Crippen molar-refractivity contribution in [2.75, 3.05) is 0 Å². The van der Waals surface area contributed by atoms with Gasteiger partial charge in [0.15, 0.2) is 17.4 Å². The van der Waals surface area contributed by atoms with Crippen molar-refractivity contribution in [2.24, 2.45) is 5.11 Å². The molecule has 0 fully saturated rings. The second-order valence-corrected chi connectivity index (χ2v) is 2.75. The van der Waals surface area contributed by atoms with Gasteiger partial charge in [0.2, 0.25) is 11.6 Å². The molecule has 9 heteroatoms. The maximum Gasteiger partial charge on any atom is 0.335 e. The number of carbonyl (C=O) groups excluding carboxylic acids is 1. The molecule has 0 radical (unpaired) electrons. The van der Waals surface area contributed by atoms with Crippen LogP contribution in [0.1, 0.15) is 0 Å². The van der Waals surface area contributed by atoms with Gasteiger partial charge in [0.25, 0.3) is 0 Å². The van der Waals surface area contributed by atoms with Crippen molar-refractivity contribution < 1.29 is 27.1 Å². The van der Waals surface area contributed by atoms with Crippen LogP contribution in [0.25, 0.3) is 10.4 Å². The van der Waals surface area contributed by atoms with E-state index in [1.807, 2.05) is 0 Å². The molecule has 0 unspecified atom stereocenters. The van der Waals surface area contributed by atoms with Gasteiger partial charge in [0, 0.05) is 11.0 Å². The van der Waals surface area contributed by atoms with E-state index in [0.717, 1.165) is 0 Å². The summed E-state index contributed by atoms with van der Waals surface area (Å²) in [7, 11) is 0. The molecule has 1 rings (SSSR count). The smallest absolute Gasteiger partial charge is 0.335 e. The molecule has 1 aromatic rings. The van der Waals surface area contributed by atoms with Gasteiger partial charge in [-0.2, -0.15) is 4.39 Å². The van der Waals surface area contributed by atoms with Gasteiger partial charge in [-0.3, -0.25) is 0 Å². The predicted molar refractivity (Wildman–Crippen MR) is 50.9 cm³/mol. The number of benzene rings is 1. The fraction of sp³-hybridized carbons (Fsp3) is 0. The average Bonchev–Trinajstić information content (AvgIpc) is 2.37. The Morgan fingerprint density at radius 1 is 1.22 bits per heavy atom. The van der Waals surface area contributed by atoms with E-state index in [1.165, 1.54) is 0 Å². The summed E-state index contributed by atoms with van der Waals surface area (Å²) in [5.41, 5.74) is 6.80. The van der Waals surface area contributed by atoms with E-state index in [9.17, 15) is 22.4 Å². The molecule has 0 aliphatic rings. The molecule has 0 amide bonds. The molecule has 0 aliphatic heterocycles. The van der Waals surface area contributed by atoms with E-state index in [1.54, 1.807) is 0 Å². The number of rotatable bonds is 3. The molecule has 0 bridgehead atoms. The van der Waals surface area contributed by atoms with Crippen molar-refractivity contribution >= 4 is 11.7 Å². The van der Waals surface area contributed by atoms with Gasteiger partial charge in [-0.15, -0.1) is 0 Å². The normalized spacial score (nSPS) is 9.56. The summed E-state index contributed by atoms with van der Waals surface area (Å²) in [5.74, 6) is -11.0. The van der Waals surface area contributed by atoms with Crippen molar-refractivity contribution in [3.8, 4) is 5.75 Å². The summed E-state index contributed by atoms with van der Waals surface area (Å²) < 4.78 is 56.3. The highest BCUT2D eigenvalue weighted by molar-refractivity contribution is 5.84. The lowest BCUT2D eigenvalue weighted by molar-refractivity contribution is -0.129. The highest BCUT2D eigenvalue weighted by Gasteiger charge is 2.27. The van der Waals surface area contributed by atoms with Crippen LogP contribution in [-0.4, -0.2) is 5.97 Å². The van der Waals surface area contributed by atoms with Crippen LogP contribution in [0.4, 0.5) is 23.2 Å². The molecule has 0 N–H and O–H groups in total. The van der Waals surface area contributed by atoms with Gasteiger partial charge in [0.1, 0.15) is 5.69 Å². The Bertz CT molecular complexity index is 582. The lowest BCUT2D eigenvalue weighted by Crippen LogP contribution is -2.08. The molecule has 0 aromatic heterocycles. The van der Waals surface area contributed by atoms with Crippen LogP contribution in [0.2, 0.25) is 0 Å². The van der Waals surface area contributed by atoms with Gasteiger partial charge in [0.05, 0.1) is 0 Å². The summed E-state index contributed by atoms with van der Waals surface area (Å²) >= 11 is 0. The van der Waals surface area contributed by atoms with E-state index in [2.05, 4.69) is 21.3 Å². The Labute approximate surface area is 96.9 Å². The van der Waals surface area contributed by atoms with E-state index in [0.29, 0.717) is 6.08 Å². The maximum absolute atomic E-state index is 13.2. The van der Waals surface area contributed by atoms with Gasteiger partial charge < -0.3 is 4.74 Å². The first-order chi connectivity index (χ1) is 8.43. The summed E-state index contributed by atoms with van der Waals surface area (Å²) in [6, 6.07) is 0. The van der Waals surface area contributed by atoms with Crippen LogP contribution in [-0.2, 0) is 4.79 Å². The van der Waals surface area contributed by atoms with E-state index < -0.39 is 40.7 Å². The summed E-state index contributed by atoms with van der Waals surface area (Å²) in [6.07, 6.45) is 0.568. The fourth-order valence-electron chi connectivity index (χ4n) is 0.969. The van der Waals surface area contributed by atoms with Gasteiger partial charge >= 0.3 is 5.97 Å². The van der Waals surface area contributed by atoms with Gasteiger partial charge in [-0.25, -0.2) is 18.0 Å². The first-order valence-corrected chi connectivity index (χ1v) is 4.19. The molecular weight excluding hydrogens is 258 g/mol. The fourth-order valence-corrected chi connectivity index (χ4v) is 0.969. The average molecular weight is 261 g/mol. The Hall–Kier alpha value is -2.54. The van der Waals surface area contributed by atoms with Crippen LogP contribution < -0.4 is 4.74 Å². The zero-order valence-electron chi connectivity index (χ0n) is 8.45. The minimum absolute atomic E-state index is 0.568. The third kappa shape index (κ3) is 2.25. The number of nitrogens with zero attached hydrogens (tertiary/aromatic N) is 3. The van der Waals surface area contributed by atoms with Gasteiger partial charge in [-0.05, 0) is 5.53 Å². The SMILES string of the molecule is C=CC(=O)Oc1c(F)c(F)c(F)c(F)c1N=[N+]=[N-]. The topological polar surface area (TPSA) is 75.1 Å². The first kappa shape index (κ1) is 13.5. The van der Waals surface area contributed by atoms with Crippen LogP contribution in [0.5, 0.6) is 5.75 Å². The predicted octanol–water partition coefficient (Wildman–Crippen LogP) is 3.28. The molecular formula is C9H3F4N3O2. The molecule has 5 nitrogen and oxygen atoms in total. The van der Waals surface area contributed by atoms with E-state index in [-0.39, 0.29) is 0 Å². The summed E-state index contributed by atoms with van der Waals surface area (Å²) in [4.78, 5) is 12.9. The second kappa shape index (κ2) is 5.19. The van der Waals surface area contributed by atoms with Crippen LogP contribution in [0.15, 0.2) is 17.8 Å². The maximum atomic E-state index is 13.2. The summed E-state index contributed by atoms with van der Waals surface area (Å²) in [6.45, 7) is 2.96. The minimum Gasteiger partial charge on any atom is -0.419 e. The number of hydrogen-bond donors (Lipinski definition) is 0. The zero-order valence-corrected chi connectivity index (χ0v) is 8.45. The number of esters is 1. The lowest BCUT2D eigenvalue weighted by Gasteiger charge is -2.08. The highest BCUT2D eigenvalue weighted by atomic mass is 19.2. The second-order valence-electron chi connectivity index (χ2n) is 2.75. The zero-order chi connectivity index (χ0) is 13.9. The first-order valence-electron chi connectivity index (χ1n) is 4.19. The quantitative estimate of drug-likeness (QED) is 0.0963.